The number of nitrogens with zero attached hydrogens (tertiary/aromatic N) is 6. The third-order valence-corrected chi connectivity index (χ3v) is 19.6. The van der Waals surface area contributed by atoms with Gasteiger partial charge in [-0.1, -0.05) is 279 Å². The molecule has 19 rings (SSSR count). The van der Waals surface area contributed by atoms with Crippen LogP contribution < -0.4 is 0 Å². The Morgan fingerprint density at radius 1 is 0.192 bits per heavy atom. The van der Waals surface area contributed by atoms with E-state index >= 15 is 0 Å². The Kier molecular flexibility index (Phi) is 14.7. The topological polar surface area (TPSA) is 77.3 Å². The highest BCUT2D eigenvalue weighted by atomic mass is 14.9. The average Bonchev–Trinajstić information content (AvgIpc) is 1.51. The van der Waals surface area contributed by atoms with Crippen molar-refractivity contribution in [1.82, 2.24) is 29.9 Å². The highest BCUT2D eigenvalue weighted by Crippen LogP contribution is 2.63. The van der Waals surface area contributed by atoms with Gasteiger partial charge in [0.2, 0.25) is 0 Å². The summed E-state index contributed by atoms with van der Waals surface area (Å²) in [6, 6.07) is 121. The lowest BCUT2D eigenvalue weighted by atomic mass is 9.70. The maximum atomic E-state index is 5.08. The van der Waals surface area contributed by atoms with Crippen LogP contribution in [0.5, 0.6) is 0 Å². The van der Waals surface area contributed by atoms with Gasteiger partial charge in [-0.05, 0) is 171 Å². The zero-order valence-electron chi connectivity index (χ0n) is 53.8. The van der Waals surface area contributed by atoms with E-state index in [1.54, 1.807) is 12.4 Å². The molecule has 1 spiro atoms. The van der Waals surface area contributed by atoms with Crippen LogP contribution in [0.1, 0.15) is 22.3 Å². The van der Waals surface area contributed by atoms with Crippen molar-refractivity contribution < 1.29 is 0 Å². The van der Waals surface area contributed by atoms with Crippen molar-refractivity contribution in [3.8, 4) is 135 Å². The van der Waals surface area contributed by atoms with Crippen LogP contribution in [-0.2, 0) is 5.41 Å². The zero-order chi connectivity index (χ0) is 65.6. The molecule has 0 fully saturated rings. The van der Waals surface area contributed by atoms with Crippen molar-refractivity contribution in [1.29, 1.82) is 0 Å². The fourth-order valence-corrected chi connectivity index (χ4v) is 14.9. The summed E-state index contributed by atoms with van der Waals surface area (Å²) in [6.07, 6.45) is 7.19. The molecule has 17 aromatic rings. The largest absolute Gasteiger partial charge is 0.264 e. The molecule has 0 bridgehead atoms. The summed E-state index contributed by atoms with van der Waals surface area (Å²) >= 11 is 0. The van der Waals surface area contributed by atoms with Crippen LogP contribution in [0, 0.1) is 0 Å². The van der Waals surface area contributed by atoms with Gasteiger partial charge >= 0.3 is 0 Å². The van der Waals surface area contributed by atoms with E-state index in [0.29, 0.717) is 11.6 Å². The Morgan fingerprint density at radius 2 is 0.556 bits per heavy atom. The van der Waals surface area contributed by atoms with Crippen molar-refractivity contribution in [2.75, 3.05) is 0 Å². The summed E-state index contributed by atoms with van der Waals surface area (Å²) in [5.74, 6) is 1.30. The van der Waals surface area contributed by atoms with Crippen LogP contribution in [-0.4, -0.2) is 29.9 Å². The van der Waals surface area contributed by atoms with Gasteiger partial charge < -0.3 is 0 Å². The summed E-state index contributed by atoms with van der Waals surface area (Å²) in [4.78, 5) is 28.9. The summed E-state index contributed by atoms with van der Waals surface area (Å²) in [6.45, 7) is 0. The summed E-state index contributed by atoms with van der Waals surface area (Å²) in [5, 5.41) is 5.03. The molecule has 0 saturated carbocycles. The number of hydrogen-bond acceptors (Lipinski definition) is 6. The third kappa shape index (κ3) is 10.6. The monoisotopic (exact) mass is 1260 g/mol. The van der Waals surface area contributed by atoms with Gasteiger partial charge in [-0.2, -0.15) is 0 Å². The second kappa shape index (κ2) is 24.9. The van der Waals surface area contributed by atoms with E-state index in [1.165, 1.54) is 93.9 Å². The molecule has 0 radical (unpaired) electrons. The minimum absolute atomic E-state index is 0.335. The lowest BCUT2D eigenvalue weighted by Crippen LogP contribution is -2.25. The lowest BCUT2D eigenvalue weighted by Gasteiger charge is -2.30. The molecule has 6 nitrogen and oxygen atoms in total. The first-order chi connectivity index (χ1) is 49.1. The molecule has 0 amide bonds. The second-order valence-electron chi connectivity index (χ2n) is 25.3. The molecule has 0 N–H and O–H groups in total. The molecule has 6 heteroatoms. The smallest absolute Gasteiger partial charge is 0.161 e. The van der Waals surface area contributed by atoms with Gasteiger partial charge in [-0.25, -0.2) is 19.9 Å². The quantitative estimate of drug-likeness (QED) is 0.127. The van der Waals surface area contributed by atoms with Gasteiger partial charge in [-0.3, -0.25) is 9.97 Å². The van der Waals surface area contributed by atoms with E-state index < -0.39 is 0 Å². The molecule has 0 saturated heterocycles. The number of fused-ring (bicyclic) bond motifs is 13. The average molecular weight is 1260 g/mol. The van der Waals surface area contributed by atoms with Crippen LogP contribution in [0.2, 0.25) is 0 Å². The lowest BCUT2D eigenvalue weighted by molar-refractivity contribution is 0.794. The Hall–Kier alpha value is -13.2. The molecule has 2 aliphatic carbocycles. The maximum absolute atomic E-state index is 5.08. The van der Waals surface area contributed by atoms with E-state index in [1.807, 2.05) is 48.8 Å². The van der Waals surface area contributed by atoms with E-state index in [9.17, 15) is 0 Å². The van der Waals surface area contributed by atoms with Crippen molar-refractivity contribution in [2.45, 2.75) is 5.41 Å². The summed E-state index contributed by atoms with van der Waals surface area (Å²) < 4.78 is 0. The van der Waals surface area contributed by atoms with Crippen molar-refractivity contribution in [3.05, 3.63) is 387 Å². The second-order valence-corrected chi connectivity index (χ2v) is 25.3. The normalized spacial score (nSPS) is 12.1. The van der Waals surface area contributed by atoms with Crippen molar-refractivity contribution >= 4 is 21.5 Å². The van der Waals surface area contributed by atoms with Gasteiger partial charge in [0.15, 0.2) is 11.6 Å². The SMILES string of the molecule is c1ccc(-c2cccc(-c3cc(-c4ccc(-c5cc6ccccc6c6ccccc56)cc4)nc(-c4cccnc4)n3)c2)cc1.c1ccc(-c2cccc(-c3cc(-c4ccc(-c5ccc6c(c5)-c5ccccc5C65c6ccccc6-c6ccccc65)cc4)nc(-c4cccnc4)n3)c2)cc1. The number of hydrogen-bond donors (Lipinski definition) is 0. The predicted octanol–water partition coefficient (Wildman–Crippen LogP) is 23.1. The van der Waals surface area contributed by atoms with E-state index in [4.69, 9.17) is 19.9 Å². The Morgan fingerprint density at radius 3 is 1.07 bits per heavy atom. The third-order valence-electron chi connectivity index (χ3n) is 19.6. The molecule has 99 heavy (non-hydrogen) atoms. The number of pyridine rings is 2. The number of rotatable bonds is 10. The van der Waals surface area contributed by atoms with Crippen LogP contribution in [0.15, 0.2) is 365 Å². The maximum Gasteiger partial charge on any atom is 0.161 e. The minimum atomic E-state index is -0.335. The van der Waals surface area contributed by atoms with Gasteiger partial charge in [0, 0.05) is 58.2 Å². The first kappa shape index (κ1) is 58.4. The van der Waals surface area contributed by atoms with Gasteiger partial charge in [0.05, 0.1) is 28.2 Å². The number of benzene rings is 13. The van der Waals surface area contributed by atoms with E-state index in [2.05, 4.69) is 313 Å². The highest BCUT2D eigenvalue weighted by Gasteiger charge is 2.51. The summed E-state index contributed by atoms with van der Waals surface area (Å²) in [7, 11) is 0. The minimum Gasteiger partial charge on any atom is -0.264 e. The van der Waals surface area contributed by atoms with Crippen molar-refractivity contribution in [3.63, 3.8) is 0 Å². The van der Waals surface area contributed by atoms with Crippen LogP contribution in [0.25, 0.3) is 156 Å². The molecule has 13 aromatic carbocycles. The molecule has 0 atom stereocenters. The standard InChI is InChI=1S/C52H33N3.C41H27N3/c1-2-12-34(13-3-1)37-14-10-15-39(30-37)50-32-49(54-51(55-50)40-16-11-29-53-33-40)36-25-23-35(24-26-36)38-27-28-48-44(31-38)43-19-6-9-22-47(43)52(48)45-20-7-4-17-41(45)42-18-5-8-21-46(42)52;1-2-10-28(11-3-1)31-13-8-14-33(24-31)40-26-39(43-41(44-40)34-15-9-23-42-27-34)30-21-19-29(20-22-30)38-25-32-12-4-5-16-35(32)36-17-6-7-18-37(36)38/h1-33H;1-27H. The van der Waals surface area contributed by atoms with E-state index in [-0.39, 0.29) is 5.41 Å². The Bertz CT molecular complexity index is 5850. The fourth-order valence-electron chi connectivity index (χ4n) is 14.9. The van der Waals surface area contributed by atoms with E-state index in [0.717, 1.165) is 72.8 Å². The molecule has 0 unspecified atom stereocenters. The van der Waals surface area contributed by atoms with Gasteiger partial charge in [0.1, 0.15) is 0 Å². The first-order valence-electron chi connectivity index (χ1n) is 33.5. The molecule has 462 valence electrons. The zero-order valence-corrected chi connectivity index (χ0v) is 53.8. The molecular formula is C93H60N6. The number of aromatic nitrogens is 6. The fraction of sp³-hybridized carbons (Fsp3) is 0.0108. The summed E-state index contributed by atoms with van der Waals surface area (Å²) in [5.41, 5.74) is 29.1. The van der Waals surface area contributed by atoms with Crippen molar-refractivity contribution in [2.24, 2.45) is 0 Å². The van der Waals surface area contributed by atoms with Crippen LogP contribution >= 0.6 is 0 Å². The molecular weight excluding hydrogens is 1200 g/mol. The van der Waals surface area contributed by atoms with Crippen LogP contribution in [0.3, 0.4) is 0 Å². The predicted molar refractivity (Wildman–Crippen MR) is 405 cm³/mol. The van der Waals surface area contributed by atoms with Crippen LogP contribution in [0.4, 0.5) is 0 Å². The Labute approximate surface area is 574 Å². The Balaban J connectivity index is 0.000000147. The first-order valence-corrected chi connectivity index (χ1v) is 33.5. The molecule has 0 aliphatic heterocycles. The van der Waals surface area contributed by atoms with Gasteiger partial charge in [-0.15, -0.1) is 0 Å². The molecule has 4 aromatic heterocycles. The highest BCUT2D eigenvalue weighted by molar-refractivity contribution is 6.14. The van der Waals surface area contributed by atoms with Gasteiger partial charge in [0.25, 0.3) is 0 Å². The molecule has 4 heterocycles. The molecule has 2 aliphatic rings.